The molecule has 0 saturated heterocycles. The molecular formula is C12H14BrF. The molecule has 0 N–H and O–H groups in total. The van der Waals surface area contributed by atoms with Gasteiger partial charge in [-0.1, -0.05) is 40.9 Å². The Bertz CT molecular complexity index is 316. The molecule has 1 aliphatic carbocycles. The quantitative estimate of drug-likeness (QED) is 0.742. The second-order valence-corrected chi connectivity index (χ2v) is 5.08. The molecule has 1 fully saturated rings. The minimum absolute atomic E-state index is 0.576. The van der Waals surface area contributed by atoms with E-state index in [2.05, 4.69) is 15.9 Å². The minimum atomic E-state index is -0.930. The number of rotatable bonds is 2. The van der Waals surface area contributed by atoms with Gasteiger partial charge in [0.1, 0.15) is 5.67 Å². The molecule has 0 nitrogen and oxygen atoms in total. The fraction of sp³-hybridized carbons (Fsp3) is 0.500. The van der Waals surface area contributed by atoms with Crippen molar-refractivity contribution in [3.63, 3.8) is 0 Å². The first kappa shape index (κ1) is 10.2. The van der Waals surface area contributed by atoms with E-state index in [9.17, 15) is 4.39 Å². The molecule has 0 amide bonds. The van der Waals surface area contributed by atoms with E-state index >= 15 is 0 Å². The molecule has 1 saturated carbocycles. The predicted octanol–water partition coefficient (Wildman–Crippen LogP) is 4.27. The summed E-state index contributed by atoms with van der Waals surface area (Å²) >= 11 is 3.41. The Balaban J connectivity index is 2.10. The van der Waals surface area contributed by atoms with E-state index in [1.807, 2.05) is 24.3 Å². The van der Waals surface area contributed by atoms with E-state index in [1.54, 1.807) is 0 Å². The van der Waals surface area contributed by atoms with Gasteiger partial charge < -0.3 is 0 Å². The number of hydrogen-bond acceptors (Lipinski definition) is 0. The maximum absolute atomic E-state index is 14.1. The van der Waals surface area contributed by atoms with Gasteiger partial charge in [0.05, 0.1) is 0 Å². The SMILES string of the molecule is FC1(Cc2cccc(Br)c2)CCCC1. The Hall–Kier alpha value is -0.370. The summed E-state index contributed by atoms with van der Waals surface area (Å²) in [6.07, 6.45) is 4.14. The summed E-state index contributed by atoms with van der Waals surface area (Å²) < 4.78 is 15.2. The lowest BCUT2D eigenvalue weighted by atomic mass is 9.95. The van der Waals surface area contributed by atoms with Crippen molar-refractivity contribution in [1.29, 1.82) is 0 Å². The van der Waals surface area contributed by atoms with Gasteiger partial charge in [-0.25, -0.2) is 4.39 Å². The molecule has 0 aliphatic heterocycles. The van der Waals surface area contributed by atoms with Crippen molar-refractivity contribution in [3.8, 4) is 0 Å². The van der Waals surface area contributed by atoms with Crippen molar-refractivity contribution in [2.24, 2.45) is 0 Å². The predicted molar refractivity (Wildman–Crippen MR) is 60.2 cm³/mol. The average molecular weight is 257 g/mol. The summed E-state index contributed by atoms with van der Waals surface area (Å²) in [5, 5.41) is 0. The van der Waals surface area contributed by atoms with Gasteiger partial charge in [0.25, 0.3) is 0 Å². The van der Waals surface area contributed by atoms with Crippen LogP contribution < -0.4 is 0 Å². The molecule has 1 aliphatic rings. The van der Waals surface area contributed by atoms with Crippen LogP contribution in [-0.2, 0) is 6.42 Å². The molecule has 0 atom stereocenters. The van der Waals surface area contributed by atoms with Crippen molar-refractivity contribution >= 4 is 15.9 Å². The fourth-order valence-corrected chi connectivity index (χ4v) is 2.64. The van der Waals surface area contributed by atoms with Gasteiger partial charge in [-0.2, -0.15) is 0 Å². The zero-order chi connectivity index (χ0) is 10.0. The van der Waals surface area contributed by atoms with E-state index in [4.69, 9.17) is 0 Å². The Kier molecular flexibility index (Phi) is 2.91. The molecular weight excluding hydrogens is 243 g/mol. The highest BCUT2D eigenvalue weighted by Crippen LogP contribution is 2.36. The third-order valence-electron chi connectivity index (χ3n) is 2.91. The molecule has 0 spiro atoms. The molecule has 0 heterocycles. The molecule has 14 heavy (non-hydrogen) atoms. The van der Waals surface area contributed by atoms with Gasteiger partial charge in [0.2, 0.25) is 0 Å². The van der Waals surface area contributed by atoms with Crippen LogP contribution in [0, 0.1) is 0 Å². The summed E-state index contributed by atoms with van der Waals surface area (Å²) in [5.74, 6) is 0. The lowest BCUT2D eigenvalue weighted by Crippen LogP contribution is -2.20. The zero-order valence-corrected chi connectivity index (χ0v) is 9.69. The molecule has 0 radical (unpaired) electrons. The molecule has 2 rings (SSSR count). The third-order valence-corrected chi connectivity index (χ3v) is 3.40. The number of benzene rings is 1. The first-order valence-corrected chi connectivity index (χ1v) is 5.91. The average Bonchev–Trinajstić information content (AvgIpc) is 2.51. The Labute approximate surface area is 92.6 Å². The van der Waals surface area contributed by atoms with Crippen LogP contribution in [0.5, 0.6) is 0 Å². The fourth-order valence-electron chi connectivity index (χ4n) is 2.20. The van der Waals surface area contributed by atoms with Crippen LogP contribution in [0.1, 0.15) is 31.2 Å². The summed E-state index contributed by atoms with van der Waals surface area (Å²) in [4.78, 5) is 0. The molecule has 1 aromatic rings. The van der Waals surface area contributed by atoms with Crippen LogP contribution in [0.15, 0.2) is 28.7 Å². The lowest BCUT2D eigenvalue weighted by Gasteiger charge is -2.18. The van der Waals surface area contributed by atoms with Crippen LogP contribution in [0.4, 0.5) is 4.39 Å². The van der Waals surface area contributed by atoms with Crippen LogP contribution >= 0.6 is 15.9 Å². The van der Waals surface area contributed by atoms with Gasteiger partial charge in [-0.3, -0.25) is 0 Å². The molecule has 76 valence electrons. The van der Waals surface area contributed by atoms with Gasteiger partial charge in [-0.15, -0.1) is 0 Å². The highest BCUT2D eigenvalue weighted by atomic mass is 79.9. The maximum Gasteiger partial charge on any atom is 0.115 e. The van der Waals surface area contributed by atoms with E-state index in [0.717, 1.165) is 35.7 Å². The highest BCUT2D eigenvalue weighted by Gasteiger charge is 2.33. The van der Waals surface area contributed by atoms with Crippen molar-refractivity contribution < 1.29 is 4.39 Å². The summed E-state index contributed by atoms with van der Waals surface area (Å²) in [5.41, 5.74) is 0.171. The lowest BCUT2D eigenvalue weighted by molar-refractivity contribution is 0.173. The van der Waals surface area contributed by atoms with Gasteiger partial charge >= 0.3 is 0 Å². The van der Waals surface area contributed by atoms with E-state index in [1.165, 1.54) is 0 Å². The van der Waals surface area contributed by atoms with E-state index < -0.39 is 5.67 Å². The topological polar surface area (TPSA) is 0 Å². The monoisotopic (exact) mass is 256 g/mol. The third kappa shape index (κ3) is 2.35. The van der Waals surface area contributed by atoms with Gasteiger partial charge in [-0.05, 0) is 30.5 Å². The van der Waals surface area contributed by atoms with E-state index in [-0.39, 0.29) is 0 Å². The number of alkyl halides is 1. The van der Waals surface area contributed by atoms with Crippen LogP contribution in [-0.4, -0.2) is 5.67 Å². The number of hydrogen-bond donors (Lipinski definition) is 0. The molecule has 0 bridgehead atoms. The van der Waals surface area contributed by atoms with Crippen LogP contribution in [0.3, 0.4) is 0 Å². The van der Waals surface area contributed by atoms with Crippen molar-refractivity contribution in [2.45, 2.75) is 37.8 Å². The van der Waals surface area contributed by atoms with Gasteiger partial charge in [0, 0.05) is 10.9 Å². The first-order chi connectivity index (χ1) is 6.68. The van der Waals surface area contributed by atoms with Crippen molar-refractivity contribution in [3.05, 3.63) is 34.3 Å². The molecule has 1 aromatic carbocycles. The Morgan fingerprint density at radius 1 is 1.29 bits per heavy atom. The summed E-state index contributed by atoms with van der Waals surface area (Å²) in [6.45, 7) is 0. The Morgan fingerprint density at radius 3 is 2.64 bits per heavy atom. The minimum Gasteiger partial charge on any atom is -0.244 e. The highest BCUT2D eigenvalue weighted by molar-refractivity contribution is 9.10. The largest absolute Gasteiger partial charge is 0.244 e. The standard InChI is InChI=1S/C12H14BrF/c13-11-5-3-4-10(8-11)9-12(14)6-1-2-7-12/h3-5,8H,1-2,6-7,9H2. The van der Waals surface area contributed by atoms with Gasteiger partial charge in [0.15, 0.2) is 0 Å². The molecule has 0 aromatic heterocycles. The first-order valence-electron chi connectivity index (χ1n) is 5.11. The summed E-state index contributed by atoms with van der Waals surface area (Å²) in [7, 11) is 0. The number of halogens is 2. The van der Waals surface area contributed by atoms with Crippen LogP contribution in [0.2, 0.25) is 0 Å². The molecule has 0 unspecified atom stereocenters. The maximum atomic E-state index is 14.1. The van der Waals surface area contributed by atoms with E-state index in [0.29, 0.717) is 6.42 Å². The second-order valence-electron chi connectivity index (χ2n) is 4.16. The smallest absolute Gasteiger partial charge is 0.115 e. The molecule has 2 heteroatoms. The second kappa shape index (κ2) is 4.01. The zero-order valence-electron chi connectivity index (χ0n) is 8.10. The Morgan fingerprint density at radius 2 is 2.00 bits per heavy atom. The van der Waals surface area contributed by atoms with Crippen molar-refractivity contribution in [2.75, 3.05) is 0 Å². The van der Waals surface area contributed by atoms with Crippen LogP contribution in [0.25, 0.3) is 0 Å². The normalized spacial score (nSPS) is 19.9. The summed E-state index contributed by atoms with van der Waals surface area (Å²) in [6, 6.07) is 7.96. The van der Waals surface area contributed by atoms with Crippen molar-refractivity contribution in [1.82, 2.24) is 0 Å².